The third kappa shape index (κ3) is 4.45. The van der Waals surface area contributed by atoms with Crippen LogP contribution in [0.2, 0.25) is 0 Å². The standard InChI is InChI=1S/C25H27N5O/c1-18(20-5-3-2-4-6-20)28-24-22-15-23(29-25(22)27-17-26-24)21-9-7-19(8-10-21)16-30-11-13-31-14-12-30/h2-10,15,17-18H,11-14,16H2,1H3,(H2,26,27,28,29). The number of nitrogens with one attached hydrogen (secondary N) is 2. The minimum absolute atomic E-state index is 0.150. The smallest absolute Gasteiger partial charge is 0.143 e. The Kier molecular flexibility index (Phi) is 5.65. The van der Waals surface area contributed by atoms with Gasteiger partial charge in [-0.1, -0.05) is 54.6 Å². The first-order chi connectivity index (χ1) is 15.3. The molecule has 5 rings (SSSR count). The fourth-order valence-electron chi connectivity index (χ4n) is 4.05. The van der Waals surface area contributed by atoms with Gasteiger partial charge in [-0.3, -0.25) is 4.90 Å². The van der Waals surface area contributed by atoms with Crippen molar-refractivity contribution in [3.8, 4) is 11.3 Å². The summed E-state index contributed by atoms with van der Waals surface area (Å²) in [7, 11) is 0. The monoisotopic (exact) mass is 413 g/mol. The first-order valence-corrected chi connectivity index (χ1v) is 10.8. The zero-order chi connectivity index (χ0) is 21.0. The molecule has 1 saturated heterocycles. The number of fused-ring (bicyclic) bond motifs is 1. The highest BCUT2D eigenvalue weighted by Crippen LogP contribution is 2.29. The van der Waals surface area contributed by atoms with Gasteiger partial charge in [-0.05, 0) is 29.7 Å². The van der Waals surface area contributed by atoms with Crippen LogP contribution in [0.4, 0.5) is 5.82 Å². The molecule has 1 aliphatic rings. The molecule has 4 aromatic rings. The van der Waals surface area contributed by atoms with Gasteiger partial charge in [-0.25, -0.2) is 9.97 Å². The van der Waals surface area contributed by atoms with E-state index in [1.165, 1.54) is 11.1 Å². The first-order valence-electron chi connectivity index (χ1n) is 10.8. The summed E-state index contributed by atoms with van der Waals surface area (Å²) in [4.78, 5) is 14.8. The summed E-state index contributed by atoms with van der Waals surface area (Å²) < 4.78 is 5.44. The lowest BCUT2D eigenvalue weighted by atomic mass is 10.1. The molecule has 31 heavy (non-hydrogen) atoms. The van der Waals surface area contributed by atoms with E-state index in [0.29, 0.717) is 0 Å². The second-order valence-electron chi connectivity index (χ2n) is 8.03. The van der Waals surface area contributed by atoms with Gasteiger partial charge in [-0.2, -0.15) is 0 Å². The molecule has 0 amide bonds. The van der Waals surface area contributed by atoms with E-state index < -0.39 is 0 Å². The van der Waals surface area contributed by atoms with Gasteiger partial charge in [0.1, 0.15) is 17.8 Å². The Morgan fingerprint density at radius 1 is 1.03 bits per heavy atom. The second-order valence-corrected chi connectivity index (χ2v) is 8.03. The average molecular weight is 414 g/mol. The van der Waals surface area contributed by atoms with E-state index in [9.17, 15) is 0 Å². The normalized spacial score (nSPS) is 15.8. The van der Waals surface area contributed by atoms with E-state index in [1.807, 2.05) is 6.07 Å². The molecule has 0 radical (unpaired) electrons. The molecule has 1 atom stereocenters. The van der Waals surface area contributed by atoms with Crippen molar-refractivity contribution < 1.29 is 4.74 Å². The molecule has 1 aliphatic heterocycles. The van der Waals surface area contributed by atoms with E-state index in [4.69, 9.17) is 4.74 Å². The molecule has 158 valence electrons. The fourth-order valence-corrected chi connectivity index (χ4v) is 4.05. The summed E-state index contributed by atoms with van der Waals surface area (Å²) in [5, 5.41) is 4.53. The average Bonchev–Trinajstić information content (AvgIpc) is 3.26. The first kappa shape index (κ1) is 19.7. The van der Waals surface area contributed by atoms with Gasteiger partial charge in [-0.15, -0.1) is 0 Å². The number of H-pyrrole nitrogens is 1. The lowest BCUT2D eigenvalue weighted by molar-refractivity contribution is 0.0342. The Hall–Kier alpha value is -3.22. The molecular weight excluding hydrogens is 386 g/mol. The van der Waals surface area contributed by atoms with Crippen LogP contribution in [0.5, 0.6) is 0 Å². The topological polar surface area (TPSA) is 66.1 Å². The van der Waals surface area contributed by atoms with Crippen molar-refractivity contribution in [3.05, 3.63) is 78.1 Å². The minimum Gasteiger partial charge on any atom is -0.379 e. The van der Waals surface area contributed by atoms with Crippen molar-refractivity contribution in [3.63, 3.8) is 0 Å². The number of morpholine rings is 1. The number of aromatic amines is 1. The lowest BCUT2D eigenvalue weighted by Gasteiger charge is -2.26. The van der Waals surface area contributed by atoms with E-state index >= 15 is 0 Å². The highest BCUT2D eigenvalue weighted by atomic mass is 16.5. The van der Waals surface area contributed by atoms with Crippen molar-refractivity contribution in [2.75, 3.05) is 31.6 Å². The van der Waals surface area contributed by atoms with Crippen LogP contribution in [0.3, 0.4) is 0 Å². The van der Waals surface area contributed by atoms with Gasteiger partial charge >= 0.3 is 0 Å². The van der Waals surface area contributed by atoms with Crippen LogP contribution >= 0.6 is 0 Å². The fraction of sp³-hybridized carbons (Fsp3) is 0.280. The van der Waals surface area contributed by atoms with Crippen molar-refractivity contribution in [1.82, 2.24) is 19.9 Å². The largest absolute Gasteiger partial charge is 0.379 e. The maximum absolute atomic E-state index is 5.44. The number of hydrogen-bond acceptors (Lipinski definition) is 5. The third-order valence-corrected chi connectivity index (χ3v) is 5.85. The summed E-state index contributed by atoms with van der Waals surface area (Å²) in [6.07, 6.45) is 1.61. The van der Waals surface area contributed by atoms with Crippen LogP contribution in [-0.2, 0) is 11.3 Å². The zero-order valence-electron chi connectivity index (χ0n) is 17.7. The Bertz CT molecular complexity index is 1130. The highest BCUT2D eigenvalue weighted by Gasteiger charge is 2.13. The van der Waals surface area contributed by atoms with Gasteiger partial charge in [0, 0.05) is 31.4 Å². The highest BCUT2D eigenvalue weighted by molar-refractivity contribution is 5.91. The SMILES string of the molecule is CC(Nc1ncnc2[nH]c(-c3ccc(CN4CCOCC4)cc3)cc12)c1ccccc1. The van der Waals surface area contributed by atoms with Crippen molar-refractivity contribution in [2.24, 2.45) is 0 Å². The van der Waals surface area contributed by atoms with Crippen molar-refractivity contribution in [1.29, 1.82) is 0 Å². The number of benzene rings is 2. The van der Waals surface area contributed by atoms with E-state index in [0.717, 1.165) is 61.0 Å². The predicted molar refractivity (Wildman–Crippen MR) is 124 cm³/mol. The van der Waals surface area contributed by atoms with Crippen molar-refractivity contribution in [2.45, 2.75) is 19.5 Å². The van der Waals surface area contributed by atoms with Gasteiger partial charge < -0.3 is 15.0 Å². The van der Waals surface area contributed by atoms with Gasteiger partial charge in [0.15, 0.2) is 0 Å². The molecule has 2 N–H and O–H groups in total. The van der Waals surface area contributed by atoms with Crippen molar-refractivity contribution >= 4 is 16.9 Å². The maximum atomic E-state index is 5.44. The minimum atomic E-state index is 0.150. The number of anilines is 1. The molecule has 0 spiro atoms. The Labute approximate surface area is 182 Å². The van der Waals surface area contributed by atoms with Crippen LogP contribution in [0, 0.1) is 0 Å². The number of ether oxygens (including phenoxy) is 1. The number of nitrogens with zero attached hydrogens (tertiary/aromatic N) is 3. The van der Waals surface area contributed by atoms with E-state index in [2.05, 4.69) is 86.7 Å². The maximum Gasteiger partial charge on any atom is 0.143 e. The number of rotatable bonds is 6. The molecule has 3 heterocycles. The zero-order valence-corrected chi connectivity index (χ0v) is 17.7. The summed E-state index contributed by atoms with van der Waals surface area (Å²) >= 11 is 0. The van der Waals surface area contributed by atoms with E-state index in [1.54, 1.807) is 6.33 Å². The van der Waals surface area contributed by atoms with E-state index in [-0.39, 0.29) is 6.04 Å². The van der Waals surface area contributed by atoms with Gasteiger partial charge in [0.25, 0.3) is 0 Å². The molecule has 6 nitrogen and oxygen atoms in total. The molecule has 1 fully saturated rings. The molecule has 2 aromatic heterocycles. The summed E-state index contributed by atoms with van der Waals surface area (Å²) in [5.41, 5.74) is 5.57. The molecular formula is C25H27N5O. The van der Waals surface area contributed by atoms with Crippen LogP contribution in [0.25, 0.3) is 22.3 Å². The van der Waals surface area contributed by atoms with Crippen LogP contribution in [0.1, 0.15) is 24.1 Å². The summed E-state index contributed by atoms with van der Waals surface area (Å²) in [5.74, 6) is 0.841. The summed E-state index contributed by atoms with van der Waals surface area (Å²) in [6, 6.07) is 21.4. The predicted octanol–water partition coefficient (Wildman–Crippen LogP) is 4.63. The molecule has 0 aliphatic carbocycles. The molecule has 6 heteroatoms. The lowest BCUT2D eigenvalue weighted by Crippen LogP contribution is -2.35. The molecule has 1 unspecified atom stereocenters. The third-order valence-electron chi connectivity index (χ3n) is 5.85. The van der Waals surface area contributed by atoms with Gasteiger partial charge in [0.2, 0.25) is 0 Å². The van der Waals surface area contributed by atoms with Gasteiger partial charge in [0.05, 0.1) is 18.6 Å². The Morgan fingerprint density at radius 2 is 1.81 bits per heavy atom. The molecule has 0 bridgehead atoms. The van der Waals surface area contributed by atoms with Crippen LogP contribution in [0.15, 0.2) is 67.0 Å². The Balaban J connectivity index is 1.35. The van der Waals surface area contributed by atoms with Crippen LogP contribution in [-0.4, -0.2) is 46.2 Å². The second kappa shape index (κ2) is 8.88. The number of hydrogen-bond donors (Lipinski definition) is 2. The van der Waals surface area contributed by atoms with Crippen LogP contribution < -0.4 is 5.32 Å². The molecule has 2 aromatic carbocycles. The molecule has 0 saturated carbocycles. The quantitative estimate of drug-likeness (QED) is 0.482. The Morgan fingerprint density at radius 3 is 2.58 bits per heavy atom. The number of aromatic nitrogens is 3. The summed E-state index contributed by atoms with van der Waals surface area (Å²) in [6.45, 7) is 6.76.